The molecule has 1 aromatic heterocycles. The van der Waals surface area contributed by atoms with E-state index in [-0.39, 0.29) is 6.61 Å². The van der Waals surface area contributed by atoms with Crippen LogP contribution in [-0.2, 0) is 19.4 Å². The third-order valence-corrected chi connectivity index (χ3v) is 2.62. The monoisotopic (exact) mass is 181 g/mol. The molecule has 0 radical (unpaired) electrons. The summed E-state index contributed by atoms with van der Waals surface area (Å²) in [6.45, 7) is 3.41. The van der Waals surface area contributed by atoms with Crippen molar-refractivity contribution in [3.8, 4) is 0 Å². The number of hydrogen-bond donors (Lipinski definition) is 1. The van der Waals surface area contributed by atoms with E-state index >= 15 is 0 Å². The van der Waals surface area contributed by atoms with Crippen molar-refractivity contribution in [1.29, 1.82) is 0 Å². The second-order valence-electron chi connectivity index (χ2n) is 3.76. The first-order chi connectivity index (χ1) is 6.31. The van der Waals surface area contributed by atoms with E-state index in [1.807, 2.05) is 0 Å². The van der Waals surface area contributed by atoms with Gasteiger partial charge in [-0.25, -0.2) is 0 Å². The summed E-state index contributed by atoms with van der Waals surface area (Å²) in [6.07, 6.45) is 2.85. The lowest BCUT2D eigenvalue weighted by Gasteiger charge is -2.19. The maximum atomic E-state index is 8.81. The van der Waals surface area contributed by atoms with Gasteiger partial charge < -0.3 is 9.67 Å². The normalized spacial score (nSPS) is 21.5. The first-order valence-electron chi connectivity index (χ1n) is 4.83. The average molecular weight is 181 g/mol. The maximum Gasteiger partial charge on any atom is 0.135 e. The molecule has 1 aliphatic heterocycles. The van der Waals surface area contributed by atoms with Crippen LogP contribution in [-0.4, -0.2) is 26.5 Å². The minimum atomic E-state index is 0.160. The molecule has 0 aliphatic carbocycles. The minimum absolute atomic E-state index is 0.160. The molecule has 1 atom stereocenters. The summed E-state index contributed by atoms with van der Waals surface area (Å²) >= 11 is 0. The second kappa shape index (κ2) is 3.46. The standard InChI is InChI=1S/C9H15N3O/c1-7-2-4-12-8(3-5-13)10-11-9(12)6-7/h7,13H,2-6H2,1H3. The number of aromatic nitrogens is 3. The van der Waals surface area contributed by atoms with Gasteiger partial charge in [0.25, 0.3) is 0 Å². The molecule has 1 aliphatic rings. The Kier molecular flexibility index (Phi) is 2.31. The van der Waals surface area contributed by atoms with Crippen LogP contribution in [0.5, 0.6) is 0 Å². The fraction of sp³-hybridized carbons (Fsp3) is 0.778. The van der Waals surface area contributed by atoms with Gasteiger partial charge in [0.05, 0.1) is 6.61 Å². The number of aliphatic hydroxyl groups excluding tert-OH is 1. The fourth-order valence-corrected chi connectivity index (χ4v) is 1.83. The van der Waals surface area contributed by atoms with Gasteiger partial charge >= 0.3 is 0 Å². The molecule has 0 bridgehead atoms. The predicted molar refractivity (Wildman–Crippen MR) is 48.3 cm³/mol. The highest BCUT2D eigenvalue weighted by atomic mass is 16.3. The zero-order valence-electron chi connectivity index (χ0n) is 7.90. The van der Waals surface area contributed by atoms with Gasteiger partial charge in [0, 0.05) is 19.4 Å². The number of rotatable bonds is 2. The Labute approximate surface area is 77.6 Å². The van der Waals surface area contributed by atoms with E-state index in [1.165, 1.54) is 6.42 Å². The minimum Gasteiger partial charge on any atom is -0.396 e. The smallest absolute Gasteiger partial charge is 0.135 e. The van der Waals surface area contributed by atoms with Crippen molar-refractivity contribution in [2.24, 2.45) is 5.92 Å². The quantitative estimate of drug-likeness (QED) is 0.718. The SMILES string of the molecule is CC1CCn2c(CCO)nnc2C1. The summed E-state index contributed by atoms with van der Waals surface area (Å²) < 4.78 is 2.15. The van der Waals surface area contributed by atoms with Crippen molar-refractivity contribution in [1.82, 2.24) is 14.8 Å². The largest absolute Gasteiger partial charge is 0.396 e. The highest BCUT2D eigenvalue weighted by Gasteiger charge is 2.19. The van der Waals surface area contributed by atoms with Crippen molar-refractivity contribution in [3.05, 3.63) is 11.6 Å². The van der Waals surface area contributed by atoms with Gasteiger partial charge in [-0.05, 0) is 12.3 Å². The lowest BCUT2D eigenvalue weighted by molar-refractivity contribution is 0.292. The Morgan fingerprint density at radius 2 is 2.38 bits per heavy atom. The Morgan fingerprint density at radius 1 is 1.54 bits per heavy atom. The molecule has 2 heterocycles. The van der Waals surface area contributed by atoms with Crippen LogP contribution in [0.2, 0.25) is 0 Å². The van der Waals surface area contributed by atoms with Gasteiger partial charge in [0.1, 0.15) is 11.6 Å². The van der Waals surface area contributed by atoms with E-state index < -0.39 is 0 Å². The highest BCUT2D eigenvalue weighted by molar-refractivity contribution is 5.00. The van der Waals surface area contributed by atoms with Crippen molar-refractivity contribution in [3.63, 3.8) is 0 Å². The first-order valence-corrected chi connectivity index (χ1v) is 4.83. The van der Waals surface area contributed by atoms with Gasteiger partial charge in [-0.15, -0.1) is 10.2 Å². The van der Waals surface area contributed by atoms with E-state index in [4.69, 9.17) is 5.11 Å². The third kappa shape index (κ3) is 1.58. The van der Waals surface area contributed by atoms with Crippen LogP contribution in [0.4, 0.5) is 0 Å². The molecule has 4 nitrogen and oxygen atoms in total. The summed E-state index contributed by atoms with van der Waals surface area (Å²) in [4.78, 5) is 0. The Morgan fingerprint density at radius 3 is 3.15 bits per heavy atom. The summed E-state index contributed by atoms with van der Waals surface area (Å²) in [7, 11) is 0. The molecule has 0 spiro atoms. The molecular formula is C9H15N3O. The Hall–Kier alpha value is -0.900. The molecule has 4 heteroatoms. The lowest BCUT2D eigenvalue weighted by Crippen LogP contribution is -2.19. The molecule has 0 saturated carbocycles. The summed E-state index contributed by atoms with van der Waals surface area (Å²) in [5.74, 6) is 2.74. The van der Waals surface area contributed by atoms with Crippen LogP contribution in [0, 0.1) is 5.92 Å². The van der Waals surface area contributed by atoms with Crippen LogP contribution < -0.4 is 0 Å². The van der Waals surface area contributed by atoms with E-state index in [0.717, 1.165) is 30.5 Å². The van der Waals surface area contributed by atoms with Crippen LogP contribution in [0.25, 0.3) is 0 Å². The summed E-state index contributed by atoms with van der Waals surface area (Å²) in [5, 5.41) is 17.0. The van der Waals surface area contributed by atoms with Crippen LogP contribution in [0.3, 0.4) is 0 Å². The van der Waals surface area contributed by atoms with Crippen LogP contribution >= 0.6 is 0 Å². The third-order valence-electron chi connectivity index (χ3n) is 2.62. The molecule has 0 aromatic carbocycles. The molecule has 1 aromatic rings. The number of aliphatic hydroxyl groups is 1. The van der Waals surface area contributed by atoms with Crippen molar-refractivity contribution < 1.29 is 5.11 Å². The van der Waals surface area contributed by atoms with E-state index in [9.17, 15) is 0 Å². The molecule has 0 fully saturated rings. The van der Waals surface area contributed by atoms with Crippen LogP contribution in [0.1, 0.15) is 25.0 Å². The van der Waals surface area contributed by atoms with Gasteiger partial charge in [-0.2, -0.15) is 0 Å². The summed E-state index contributed by atoms with van der Waals surface area (Å²) in [6, 6.07) is 0. The van der Waals surface area contributed by atoms with Gasteiger partial charge in [0.15, 0.2) is 0 Å². The van der Waals surface area contributed by atoms with Crippen LogP contribution in [0.15, 0.2) is 0 Å². The number of fused-ring (bicyclic) bond motifs is 1. The van der Waals surface area contributed by atoms with Gasteiger partial charge in [-0.1, -0.05) is 6.92 Å². The first kappa shape index (κ1) is 8.69. The maximum absolute atomic E-state index is 8.81. The molecule has 1 unspecified atom stereocenters. The van der Waals surface area contributed by atoms with E-state index in [2.05, 4.69) is 21.7 Å². The highest BCUT2D eigenvalue weighted by Crippen LogP contribution is 2.19. The van der Waals surface area contributed by atoms with Crippen molar-refractivity contribution in [2.75, 3.05) is 6.61 Å². The zero-order valence-corrected chi connectivity index (χ0v) is 7.90. The summed E-state index contributed by atoms with van der Waals surface area (Å²) in [5.41, 5.74) is 0. The molecular weight excluding hydrogens is 166 g/mol. The molecule has 0 saturated heterocycles. The average Bonchev–Trinajstić information content (AvgIpc) is 2.49. The molecule has 0 amide bonds. The number of hydrogen-bond acceptors (Lipinski definition) is 3. The van der Waals surface area contributed by atoms with E-state index in [1.54, 1.807) is 0 Å². The molecule has 72 valence electrons. The lowest BCUT2D eigenvalue weighted by atomic mass is 10.0. The topological polar surface area (TPSA) is 50.9 Å². The van der Waals surface area contributed by atoms with E-state index in [0.29, 0.717) is 6.42 Å². The fourth-order valence-electron chi connectivity index (χ4n) is 1.83. The second-order valence-corrected chi connectivity index (χ2v) is 3.76. The molecule has 1 N–H and O–H groups in total. The van der Waals surface area contributed by atoms with Gasteiger partial charge in [0.2, 0.25) is 0 Å². The molecule has 13 heavy (non-hydrogen) atoms. The zero-order chi connectivity index (χ0) is 9.26. The Bertz CT molecular complexity index is 282. The Balaban J connectivity index is 2.23. The molecule has 2 rings (SSSR count). The van der Waals surface area contributed by atoms with Gasteiger partial charge in [-0.3, -0.25) is 0 Å². The number of nitrogens with zero attached hydrogens (tertiary/aromatic N) is 3. The van der Waals surface area contributed by atoms with Crippen molar-refractivity contribution >= 4 is 0 Å². The van der Waals surface area contributed by atoms with Crippen molar-refractivity contribution in [2.45, 2.75) is 32.7 Å². The predicted octanol–water partition coefficient (Wildman–Crippen LogP) is 0.395.